The highest BCUT2D eigenvalue weighted by molar-refractivity contribution is 7.20. The van der Waals surface area contributed by atoms with E-state index in [2.05, 4.69) is 15.0 Å². The summed E-state index contributed by atoms with van der Waals surface area (Å²) in [7, 11) is 1.65. The zero-order valence-corrected chi connectivity index (χ0v) is 16.7. The van der Waals surface area contributed by atoms with Crippen LogP contribution in [0.2, 0.25) is 0 Å². The van der Waals surface area contributed by atoms with Gasteiger partial charge >= 0.3 is 0 Å². The number of H-pyrrole nitrogens is 1. The molecule has 2 aromatic carbocycles. The summed E-state index contributed by atoms with van der Waals surface area (Å²) in [5, 5.41) is 0.669. The van der Waals surface area contributed by atoms with Crippen molar-refractivity contribution in [2.75, 3.05) is 20.2 Å². The van der Waals surface area contributed by atoms with E-state index < -0.39 is 0 Å². The molecular formula is C21H20N4O3S. The van der Waals surface area contributed by atoms with Crippen LogP contribution in [0.3, 0.4) is 0 Å². The van der Waals surface area contributed by atoms with E-state index in [-0.39, 0.29) is 12.0 Å². The predicted octanol–water partition coefficient (Wildman–Crippen LogP) is 3.86. The lowest BCUT2D eigenvalue weighted by Gasteiger charge is -2.31. The Labute approximate surface area is 171 Å². The molecule has 148 valence electrons. The molecule has 2 aromatic heterocycles. The number of hydrogen-bond donors (Lipinski definition) is 1. The Morgan fingerprint density at radius 2 is 2.00 bits per heavy atom. The summed E-state index contributed by atoms with van der Waals surface area (Å²) < 4.78 is 12.4. The van der Waals surface area contributed by atoms with Gasteiger partial charge in [-0.25, -0.2) is 9.97 Å². The molecule has 0 aliphatic carbocycles. The van der Waals surface area contributed by atoms with Crippen LogP contribution >= 0.6 is 11.3 Å². The first-order valence-electron chi connectivity index (χ1n) is 9.53. The molecule has 0 saturated carbocycles. The van der Waals surface area contributed by atoms with Crippen molar-refractivity contribution in [3.05, 3.63) is 48.3 Å². The van der Waals surface area contributed by atoms with Crippen LogP contribution in [-0.2, 0) is 0 Å². The van der Waals surface area contributed by atoms with Crippen LogP contribution in [0.4, 0.5) is 0 Å². The number of rotatable bonds is 4. The van der Waals surface area contributed by atoms with Crippen LogP contribution < -0.4 is 9.47 Å². The van der Waals surface area contributed by atoms with E-state index >= 15 is 0 Å². The molecule has 1 aliphatic rings. The lowest BCUT2D eigenvalue weighted by molar-refractivity contribution is 0.0595. The van der Waals surface area contributed by atoms with Gasteiger partial charge in [-0.05, 0) is 36.4 Å². The molecule has 0 radical (unpaired) electrons. The number of likely N-dealkylation sites (tertiary alicyclic amines) is 1. The molecule has 1 saturated heterocycles. The van der Waals surface area contributed by atoms with E-state index in [1.165, 1.54) is 11.3 Å². The second-order valence-corrected chi connectivity index (χ2v) is 8.05. The Kier molecular flexibility index (Phi) is 4.55. The third kappa shape index (κ3) is 3.51. The van der Waals surface area contributed by atoms with Crippen molar-refractivity contribution in [2.24, 2.45) is 0 Å². The number of fused-ring (bicyclic) bond motifs is 2. The topological polar surface area (TPSA) is 80.3 Å². The first-order valence-corrected chi connectivity index (χ1v) is 10.3. The van der Waals surface area contributed by atoms with Gasteiger partial charge in [0.2, 0.25) is 0 Å². The summed E-state index contributed by atoms with van der Waals surface area (Å²) in [6.07, 6.45) is 3.28. The molecule has 8 heteroatoms. The van der Waals surface area contributed by atoms with E-state index in [0.29, 0.717) is 23.8 Å². The molecule has 0 atom stereocenters. The molecule has 1 amide bonds. The minimum Gasteiger partial charge on any atom is -0.497 e. The summed E-state index contributed by atoms with van der Waals surface area (Å²) in [6.45, 7) is 1.34. The maximum Gasteiger partial charge on any atom is 0.274 e. The van der Waals surface area contributed by atoms with Gasteiger partial charge in [-0.1, -0.05) is 11.3 Å². The van der Waals surface area contributed by atoms with Crippen LogP contribution in [0, 0.1) is 0 Å². The second kappa shape index (κ2) is 7.36. The normalized spacial score (nSPS) is 15.1. The molecule has 29 heavy (non-hydrogen) atoms. The van der Waals surface area contributed by atoms with Crippen molar-refractivity contribution in [1.82, 2.24) is 19.9 Å². The number of methoxy groups -OCH3 is 1. The Morgan fingerprint density at radius 1 is 1.17 bits per heavy atom. The van der Waals surface area contributed by atoms with Crippen molar-refractivity contribution in [1.29, 1.82) is 0 Å². The molecule has 5 rings (SSSR count). The number of amides is 1. The van der Waals surface area contributed by atoms with E-state index in [0.717, 1.165) is 39.8 Å². The van der Waals surface area contributed by atoms with E-state index in [9.17, 15) is 4.79 Å². The van der Waals surface area contributed by atoms with Gasteiger partial charge < -0.3 is 19.4 Å². The number of hydrogen-bond acceptors (Lipinski definition) is 6. The van der Waals surface area contributed by atoms with Crippen LogP contribution in [0.5, 0.6) is 10.9 Å². The quantitative estimate of drug-likeness (QED) is 0.555. The fourth-order valence-electron chi connectivity index (χ4n) is 3.63. The SMILES string of the molecule is COc1ccc2nc(OC3CCN(C(=O)c4ccc5nc[nH]c5c4)CC3)sc2c1. The molecule has 0 unspecified atom stereocenters. The lowest BCUT2D eigenvalue weighted by atomic mass is 10.1. The largest absolute Gasteiger partial charge is 0.497 e. The first kappa shape index (κ1) is 17.9. The highest BCUT2D eigenvalue weighted by Gasteiger charge is 2.25. The number of aromatic amines is 1. The van der Waals surface area contributed by atoms with Crippen molar-refractivity contribution < 1.29 is 14.3 Å². The number of carbonyl (C=O) groups is 1. The smallest absolute Gasteiger partial charge is 0.274 e. The number of imidazole rings is 1. The average Bonchev–Trinajstić information content (AvgIpc) is 3.38. The zero-order chi connectivity index (χ0) is 19.8. The monoisotopic (exact) mass is 408 g/mol. The predicted molar refractivity (Wildman–Crippen MR) is 112 cm³/mol. The Bertz CT molecular complexity index is 1180. The van der Waals surface area contributed by atoms with Gasteiger partial charge in [0.1, 0.15) is 11.9 Å². The minimum atomic E-state index is 0.0482. The van der Waals surface area contributed by atoms with Gasteiger partial charge in [0.05, 0.1) is 34.7 Å². The molecule has 0 bridgehead atoms. The average molecular weight is 408 g/mol. The van der Waals surface area contributed by atoms with Gasteiger partial charge in [-0.2, -0.15) is 0 Å². The molecule has 1 aliphatic heterocycles. The first-order chi connectivity index (χ1) is 14.2. The van der Waals surface area contributed by atoms with Gasteiger partial charge in [0.25, 0.3) is 11.1 Å². The van der Waals surface area contributed by atoms with E-state index in [1.807, 2.05) is 41.3 Å². The molecular weight excluding hydrogens is 388 g/mol. The number of ether oxygens (including phenoxy) is 2. The summed E-state index contributed by atoms with van der Waals surface area (Å²) in [6, 6.07) is 11.4. The summed E-state index contributed by atoms with van der Waals surface area (Å²) in [5.74, 6) is 0.861. The van der Waals surface area contributed by atoms with Crippen LogP contribution in [0.15, 0.2) is 42.7 Å². The van der Waals surface area contributed by atoms with Crippen LogP contribution in [0.1, 0.15) is 23.2 Å². The van der Waals surface area contributed by atoms with Crippen molar-refractivity contribution in [2.45, 2.75) is 18.9 Å². The van der Waals surface area contributed by atoms with E-state index in [4.69, 9.17) is 9.47 Å². The van der Waals surface area contributed by atoms with Crippen molar-refractivity contribution in [3.8, 4) is 10.9 Å². The van der Waals surface area contributed by atoms with Gasteiger partial charge in [-0.15, -0.1) is 0 Å². The number of carbonyl (C=O) groups excluding carboxylic acids is 1. The molecule has 1 fully saturated rings. The number of piperidine rings is 1. The highest BCUT2D eigenvalue weighted by Crippen LogP contribution is 2.32. The lowest BCUT2D eigenvalue weighted by Crippen LogP contribution is -2.41. The number of thiazole rings is 1. The summed E-state index contributed by atoms with van der Waals surface area (Å²) >= 11 is 1.52. The van der Waals surface area contributed by atoms with Crippen LogP contribution in [0.25, 0.3) is 21.3 Å². The fourth-order valence-corrected chi connectivity index (χ4v) is 4.54. The summed E-state index contributed by atoms with van der Waals surface area (Å²) in [4.78, 5) is 26.5. The van der Waals surface area contributed by atoms with Crippen molar-refractivity contribution >= 4 is 38.5 Å². The van der Waals surface area contributed by atoms with Crippen LogP contribution in [-0.4, -0.2) is 52.1 Å². The molecule has 0 spiro atoms. The number of nitrogens with one attached hydrogen (secondary N) is 1. The third-order valence-electron chi connectivity index (χ3n) is 5.24. The van der Waals surface area contributed by atoms with Gasteiger partial charge in [-0.3, -0.25) is 4.79 Å². The highest BCUT2D eigenvalue weighted by atomic mass is 32.1. The Hall–Kier alpha value is -3.13. The Morgan fingerprint density at radius 3 is 2.83 bits per heavy atom. The van der Waals surface area contributed by atoms with Crippen molar-refractivity contribution in [3.63, 3.8) is 0 Å². The molecule has 1 N–H and O–H groups in total. The maximum absolute atomic E-state index is 12.8. The number of aromatic nitrogens is 3. The van der Waals surface area contributed by atoms with Gasteiger partial charge in [0.15, 0.2) is 0 Å². The number of benzene rings is 2. The second-order valence-electron chi connectivity index (χ2n) is 7.06. The van der Waals surface area contributed by atoms with E-state index in [1.54, 1.807) is 13.4 Å². The van der Waals surface area contributed by atoms with Gasteiger partial charge in [0, 0.05) is 31.5 Å². The third-order valence-corrected chi connectivity index (χ3v) is 6.15. The molecule has 4 aromatic rings. The molecule has 7 nitrogen and oxygen atoms in total. The zero-order valence-electron chi connectivity index (χ0n) is 15.9. The molecule has 3 heterocycles. The standard InChI is InChI=1S/C21H20N4O3S/c1-27-15-3-5-17-19(11-15)29-21(24-17)28-14-6-8-25(9-7-14)20(26)13-2-4-16-18(10-13)23-12-22-16/h2-5,10-12,14H,6-9H2,1H3,(H,22,23). The maximum atomic E-state index is 12.8. The fraction of sp³-hybridized carbons (Fsp3) is 0.286. The minimum absolute atomic E-state index is 0.0482. The number of nitrogens with zero attached hydrogens (tertiary/aromatic N) is 3. The summed E-state index contributed by atoms with van der Waals surface area (Å²) in [5.41, 5.74) is 3.33. The Balaban J connectivity index is 1.22.